The van der Waals surface area contributed by atoms with Crippen LogP contribution in [0.2, 0.25) is 0 Å². The minimum Gasteiger partial charge on any atom is -0.497 e. The first-order valence-corrected chi connectivity index (χ1v) is 10.4. The molecular weight excluding hydrogens is 374 g/mol. The second-order valence-electron chi connectivity index (χ2n) is 6.08. The Hall–Kier alpha value is -2.09. The van der Waals surface area contributed by atoms with Gasteiger partial charge in [-0.15, -0.1) is 11.3 Å². The lowest BCUT2D eigenvalue weighted by Crippen LogP contribution is -2.38. The molecule has 0 saturated heterocycles. The van der Waals surface area contributed by atoms with Crippen molar-refractivity contribution < 1.29 is 14.2 Å². The minimum absolute atomic E-state index is 0.636. The van der Waals surface area contributed by atoms with E-state index in [-0.39, 0.29) is 0 Å². The molecule has 1 aromatic carbocycles. The summed E-state index contributed by atoms with van der Waals surface area (Å²) >= 11 is 1.76. The number of rotatable bonds is 12. The van der Waals surface area contributed by atoms with Gasteiger partial charge >= 0.3 is 0 Å². The first-order chi connectivity index (χ1) is 13.8. The van der Waals surface area contributed by atoms with Gasteiger partial charge in [0, 0.05) is 36.6 Å². The predicted octanol–water partition coefficient (Wildman–Crippen LogP) is 3.53. The molecule has 0 aliphatic heterocycles. The molecule has 0 aliphatic rings. The molecule has 7 heteroatoms. The van der Waals surface area contributed by atoms with Crippen LogP contribution in [0.3, 0.4) is 0 Å². The van der Waals surface area contributed by atoms with Crippen LogP contribution in [0.4, 0.5) is 0 Å². The highest BCUT2D eigenvalue weighted by Gasteiger charge is 2.04. The van der Waals surface area contributed by atoms with E-state index in [2.05, 4.69) is 46.8 Å². The number of hydrogen-bond donors (Lipinski definition) is 2. The predicted molar refractivity (Wildman–Crippen MR) is 116 cm³/mol. The van der Waals surface area contributed by atoms with E-state index in [4.69, 9.17) is 14.2 Å². The third-order valence-electron chi connectivity index (χ3n) is 3.96. The number of aliphatic imine (C=N–C) groups is 1. The second kappa shape index (κ2) is 13.1. The highest BCUT2D eigenvalue weighted by molar-refractivity contribution is 7.15. The third kappa shape index (κ3) is 7.88. The van der Waals surface area contributed by atoms with Crippen LogP contribution < -0.4 is 15.4 Å². The zero-order valence-corrected chi connectivity index (χ0v) is 17.8. The summed E-state index contributed by atoms with van der Waals surface area (Å²) in [5, 5.41) is 6.64. The summed E-state index contributed by atoms with van der Waals surface area (Å²) in [4.78, 5) is 7.15. The van der Waals surface area contributed by atoms with Crippen molar-refractivity contribution >= 4 is 17.3 Å². The van der Waals surface area contributed by atoms with Gasteiger partial charge in [-0.2, -0.15) is 0 Å². The number of thiophene rings is 1. The molecule has 1 aromatic heterocycles. The Bertz CT molecular complexity index is 701. The molecule has 0 amide bonds. The highest BCUT2D eigenvalue weighted by atomic mass is 32.1. The number of benzene rings is 1. The van der Waals surface area contributed by atoms with Gasteiger partial charge in [0.05, 0.1) is 26.9 Å². The van der Waals surface area contributed by atoms with Gasteiger partial charge in [-0.25, -0.2) is 4.99 Å². The minimum atomic E-state index is 0.636. The van der Waals surface area contributed by atoms with Crippen molar-refractivity contribution in [2.45, 2.75) is 19.9 Å². The molecule has 0 saturated carbocycles. The second-order valence-corrected chi connectivity index (χ2v) is 7.24. The Kier molecular flexibility index (Phi) is 10.4. The van der Waals surface area contributed by atoms with Crippen molar-refractivity contribution in [3.05, 3.63) is 41.3 Å². The summed E-state index contributed by atoms with van der Waals surface area (Å²) in [5.74, 6) is 1.70. The van der Waals surface area contributed by atoms with Crippen LogP contribution >= 0.6 is 11.3 Å². The van der Waals surface area contributed by atoms with Gasteiger partial charge in [0.15, 0.2) is 5.96 Å². The number of nitrogens with zero attached hydrogens (tertiary/aromatic N) is 1. The van der Waals surface area contributed by atoms with Gasteiger partial charge in [-0.3, -0.25) is 0 Å². The lowest BCUT2D eigenvalue weighted by molar-refractivity contribution is 0.0698. The molecule has 1 heterocycles. The number of methoxy groups -OCH3 is 2. The van der Waals surface area contributed by atoms with Crippen LogP contribution in [-0.4, -0.2) is 53.1 Å². The summed E-state index contributed by atoms with van der Waals surface area (Å²) in [7, 11) is 3.36. The van der Waals surface area contributed by atoms with Crippen molar-refractivity contribution in [3.63, 3.8) is 0 Å². The average molecular weight is 406 g/mol. The van der Waals surface area contributed by atoms with E-state index in [9.17, 15) is 0 Å². The third-order valence-corrected chi connectivity index (χ3v) is 5.08. The quantitative estimate of drug-likeness (QED) is 0.321. The van der Waals surface area contributed by atoms with Crippen LogP contribution in [0.25, 0.3) is 10.4 Å². The Morgan fingerprint density at radius 2 is 1.82 bits per heavy atom. The lowest BCUT2D eigenvalue weighted by atomic mass is 10.2. The Morgan fingerprint density at radius 1 is 1.00 bits per heavy atom. The number of ether oxygens (including phenoxy) is 3. The fourth-order valence-electron chi connectivity index (χ4n) is 2.50. The number of nitrogens with one attached hydrogen (secondary N) is 2. The van der Waals surface area contributed by atoms with E-state index < -0.39 is 0 Å². The maximum atomic E-state index is 5.47. The topological polar surface area (TPSA) is 64.1 Å². The Balaban J connectivity index is 1.82. The molecule has 154 valence electrons. The maximum absolute atomic E-state index is 5.47. The van der Waals surface area contributed by atoms with Crippen molar-refractivity contribution in [2.75, 3.05) is 47.1 Å². The molecule has 0 bridgehead atoms. The summed E-state index contributed by atoms with van der Waals surface area (Å²) in [6, 6.07) is 12.4. The van der Waals surface area contributed by atoms with Crippen LogP contribution in [-0.2, 0) is 16.0 Å². The monoisotopic (exact) mass is 405 g/mol. The fourth-order valence-corrected chi connectivity index (χ4v) is 3.44. The largest absolute Gasteiger partial charge is 0.497 e. The average Bonchev–Trinajstić information content (AvgIpc) is 3.20. The summed E-state index contributed by atoms with van der Waals surface area (Å²) in [6.45, 7) is 6.36. The molecule has 0 aliphatic carbocycles. The first kappa shape index (κ1) is 22.2. The lowest BCUT2D eigenvalue weighted by Gasteiger charge is -2.11. The number of hydrogen-bond acceptors (Lipinski definition) is 5. The van der Waals surface area contributed by atoms with Crippen LogP contribution in [0.15, 0.2) is 41.4 Å². The van der Waals surface area contributed by atoms with Crippen molar-refractivity contribution in [2.24, 2.45) is 4.99 Å². The van der Waals surface area contributed by atoms with Gasteiger partial charge in [-0.05, 0) is 55.3 Å². The fraction of sp³-hybridized carbons (Fsp3) is 0.476. The van der Waals surface area contributed by atoms with E-state index >= 15 is 0 Å². The highest BCUT2D eigenvalue weighted by Crippen LogP contribution is 2.29. The molecule has 2 rings (SSSR count). The summed E-state index contributed by atoms with van der Waals surface area (Å²) < 4.78 is 15.7. The van der Waals surface area contributed by atoms with Gasteiger partial charge in [-0.1, -0.05) is 0 Å². The zero-order valence-electron chi connectivity index (χ0n) is 17.0. The van der Waals surface area contributed by atoms with Crippen molar-refractivity contribution in [3.8, 4) is 16.2 Å². The number of guanidine groups is 1. The molecule has 0 radical (unpaired) electrons. The molecule has 0 unspecified atom stereocenters. The smallest absolute Gasteiger partial charge is 0.191 e. The van der Waals surface area contributed by atoms with Crippen molar-refractivity contribution in [1.29, 1.82) is 0 Å². The molecule has 2 N–H and O–H groups in total. The normalized spacial score (nSPS) is 11.5. The zero-order chi connectivity index (χ0) is 20.0. The van der Waals surface area contributed by atoms with Crippen LogP contribution in [0, 0.1) is 0 Å². The van der Waals surface area contributed by atoms with Crippen molar-refractivity contribution in [1.82, 2.24) is 10.6 Å². The van der Waals surface area contributed by atoms with E-state index in [1.807, 2.05) is 12.1 Å². The molecular formula is C21H31N3O3S. The molecule has 0 atom stereocenters. The van der Waals surface area contributed by atoms with Gasteiger partial charge in [0.2, 0.25) is 0 Å². The SMILES string of the molecule is CCNC(=NCc1ccc(-c2ccc(OC)cc2)s1)NCCCOCCOC. The maximum Gasteiger partial charge on any atom is 0.191 e. The van der Waals surface area contributed by atoms with Gasteiger partial charge < -0.3 is 24.8 Å². The molecule has 2 aromatic rings. The van der Waals surface area contributed by atoms with E-state index in [1.54, 1.807) is 25.6 Å². The molecule has 0 spiro atoms. The van der Waals surface area contributed by atoms with Crippen LogP contribution in [0.5, 0.6) is 5.75 Å². The Labute approximate surface area is 171 Å². The summed E-state index contributed by atoms with van der Waals surface area (Å²) in [5.41, 5.74) is 1.19. The van der Waals surface area contributed by atoms with Gasteiger partial charge in [0.1, 0.15) is 5.75 Å². The molecule has 28 heavy (non-hydrogen) atoms. The van der Waals surface area contributed by atoms with E-state index in [0.717, 1.165) is 31.2 Å². The Morgan fingerprint density at radius 3 is 2.54 bits per heavy atom. The van der Waals surface area contributed by atoms with E-state index in [1.165, 1.54) is 15.3 Å². The molecule has 0 fully saturated rings. The standard InChI is InChI=1S/C21H31N3O3S/c1-4-22-21(23-12-5-13-27-15-14-25-2)24-16-19-10-11-20(28-19)17-6-8-18(26-3)9-7-17/h6-11H,4-5,12-16H2,1-3H3,(H2,22,23,24). The first-order valence-electron chi connectivity index (χ1n) is 9.58. The van der Waals surface area contributed by atoms with E-state index in [0.29, 0.717) is 26.4 Å². The van der Waals surface area contributed by atoms with Crippen LogP contribution in [0.1, 0.15) is 18.2 Å². The van der Waals surface area contributed by atoms with Gasteiger partial charge in [0.25, 0.3) is 0 Å². The molecule has 6 nitrogen and oxygen atoms in total. The summed E-state index contributed by atoms with van der Waals surface area (Å²) in [6.07, 6.45) is 0.925.